The first-order valence-electron chi connectivity index (χ1n) is 9.55. The maximum Gasteiger partial charge on any atom is 0.267 e. The zero-order chi connectivity index (χ0) is 18.8. The fourth-order valence-corrected chi connectivity index (χ4v) is 3.61. The van der Waals surface area contributed by atoms with Gasteiger partial charge in [-0.15, -0.1) is 0 Å². The van der Waals surface area contributed by atoms with E-state index in [1.54, 1.807) is 4.57 Å². The number of fused-ring (bicyclic) bond motifs is 1. The van der Waals surface area contributed by atoms with Crippen LogP contribution in [0.4, 0.5) is 5.95 Å². The largest absolute Gasteiger partial charge is 0.268 e. The van der Waals surface area contributed by atoms with E-state index in [0.29, 0.717) is 16.9 Å². The molecule has 1 fully saturated rings. The van der Waals surface area contributed by atoms with Gasteiger partial charge in [0.05, 0.1) is 16.6 Å². The highest BCUT2D eigenvalue weighted by atomic mass is 16.1. The fraction of sp³-hybridized carbons (Fsp3) is 0.318. The van der Waals surface area contributed by atoms with Gasteiger partial charge >= 0.3 is 0 Å². The number of aryl methyl sites for hydroxylation is 1. The molecule has 5 nitrogen and oxygen atoms in total. The second-order valence-corrected chi connectivity index (χ2v) is 7.16. The van der Waals surface area contributed by atoms with Gasteiger partial charge in [-0.3, -0.25) is 4.79 Å². The molecule has 0 aliphatic heterocycles. The summed E-state index contributed by atoms with van der Waals surface area (Å²) < 4.78 is 1.65. The summed E-state index contributed by atoms with van der Waals surface area (Å²) in [6.45, 7) is 4.08. The third-order valence-electron chi connectivity index (χ3n) is 5.34. The van der Waals surface area contributed by atoms with Crippen LogP contribution in [0.15, 0.2) is 52.4 Å². The third-order valence-corrected chi connectivity index (χ3v) is 5.34. The average molecular weight is 360 g/mol. The van der Waals surface area contributed by atoms with Crippen LogP contribution in [0.5, 0.6) is 0 Å². The van der Waals surface area contributed by atoms with Gasteiger partial charge in [-0.25, -0.2) is 15.0 Å². The zero-order valence-corrected chi connectivity index (χ0v) is 15.8. The highest BCUT2D eigenvalue weighted by Gasteiger charge is 2.15. The molecule has 5 heteroatoms. The summed E-state index contributed by atoms with van der Waals surface area (Å²) >= 11 is 0. The number of hydrogen-bond donors (Lipinski definition) is 1. The van der Waals surface area contributed by atoms with Crippen LogP contribution in [0.2, 0.25) is 0 Å². The zero-order valence-electron chi connectivity index (χ0n) is 15.8. The number of aromatic nitrogens is 2. The van der Waals surface area contributed by atoms with Gasteiger partial charge in [-0.05, 0) is 68.9 Å². The van der Waals surface area contributed by atoms with Gasteiger partial charge in [0.1, 0.15) is 0 Å². The quantitative estimate of drug-likeness (QED) is 0.687. The highest BCUT2D eigenvalue weighted by Crippen LogP contribution is 2.22. The predicted octanol–water partition coefficient (Wildman–Crippen LogP) is 4.73. The van der Waals surface area contributed by atoms with Crippen molar-refractivity contribution in [3.05, 3.63) is 63.9 Å². The van der Waals surface area contributed by atoms with Crippen LogP contribution in [0.25, 0.3) is 16.6 Å². The van der Waals surface area contributed by atoms with Crippen molar-refractivity contribution < 1.29 is 0 Å². The summed E-state index contributed by atoms with van der Waals surface area (Å²) in [5, 5.41) is 5.19. The maximum absolute atomic E-state index is 13.3. The molecule has 27 heavy (non-hydrogen) atoms. The monoisotopic (exact) mass is 360 g/mol. The predicted molar refractivity (Wildman–Crippen MR) is 111 cm³/mol. The van der Waals surface area contributed by atoms with E-state index in [1.807, 2.05) is 56.3 Å². The van der Waals surface area contributed by atoms with Gasteiger partial charge in [0.25, 0.3) is 5.56 Å². The number of nitrogens with one attached hydrogen (secondary N) is 1. The van der Waals surface area contributed by atoms with E-state index >= 15 is 0 Å². The molecule has 4 rings (SSSR count). The number of hydrazone groups is 1. The van der Waals surface area contributed by atoms with Gasteiger partial charge < -0.3 is 0 Å². The lowest BCUT2D eigenvalue weighted by molar-refractivity contribution is 0.665. The molecule has 2 aromatic carbocycles. The molecule has 1 aromatic heterocycles. The summed E-state index contributed by atoms with van der Waals surface area (Å²) in [5.41, 5.74) is 7.88. The van der Waals surface area contributed by atoms with Gasteiger partial charge in [0, 0.05) is 5.71 Å². The van der Waals surface area contributed by atoms with E-state index in [9.17, 15) is 4.79 Å². The van der Waals surface area contributed by atoms with Crippen molar-refractivity contribution in [2.75, 3.05) is 5.43 Å². The lowest BCUT2D eigenvalue weighted by Gasteiger charge is -2.17. The van der Waals surface area contributed by atoms with E-state index in [-0.39, 0.29) is 5.56 Å². The van der Waals surface area contributed by atoms with Crippen LogP contribution in [0.1, 0.15) is 43.2 Å². The molecule has 0 bridgehead atoms. The Kier molecular flexibility index (Phi) is 4.75. The van der Waals surface area contributed by atoms with Crippen molar-refractivity contribution in [2.45, 2.75) is 46.0 Å². The molecule has 0 saturated heterocycles. The van der Waals surface area contributed by atoms with Gasteiger partial charge in [-0.1, -0.05) is 30.7 Å². The van der Waals surface area contributed by atoms with Crippen molar-refractivity contribution in [1.29, 1.82) is 0 Å². The number of rotatable bonds is 3. The molecule has 0 amide bonds. The molecule has 0 unspecified atom stereocenters. The standard InChI is InChI=1S/C22H24N4O/c1-15-9-8-14-20(16(15)2)26-21(27)18-12-6-7-13-19(18)23-22(26)25-24-17-10-4-3-5-11-17/h6-9,12-14H,3-5,10-11H2,1-2H3,(H,23,25). The van der Waals surface area contributed by atoms with Crippen molar-refractivity contribution in [1.82, 2.24) is 9.55 Å². The molecule has 138 valence electrons. The van der Waals surface area contributed by atoms with Crippen LogP contribution in [0.3, 0.4) is 0 Å². The second kappa shape index (κ2) is 7.35. The van der Waals surface area contributed by atoms with Crippen LogP contribution in [0, 0.1) is 13.8 Å². The highest BCUT2D eigenvalue weighted by molar-refractivity contribution is 5.86. The maximum atomic E-state index is 13.3. The number of anilines is 1. The lowest BCUT2D eigenvalue weighted by atomic mass is 9.99. The van der Waals surface area contributed by atoms with E-state index in [1.165, 1.54) is 19.3 Å². The van der Waals surface area contributed by atoms with Crippen LogP contribution >= 0.6 is 0 Å². The van der Waals surface area contributed by atoms with Crippen molar-refractivity contribution >= 4 is 22.6 Å². The number of para-hydroxylation sites is 1. The molecular formula is C22H24N4O. The summed E-state index contributed by atoms with van der Waals surface area (Å²) in [5.74, 6) is 0.463. The first-order chi connectivity index (χ1) is 13.1. The third kappa shape index (κ3) is 3.37. The topological polar surface area (TPSA) is 59.3 Å². The molecule has 1 heterocycles. The summed E-state index contributed by atoms with van der Waals surface area (Å²) in [7, 11) is 0. The molecular weight excluding hydrogens is 336 g/mol. The van der Waals surface area contributed by atoms with Gasteiger partial charge in [-0.2, -0.15) is 5.10 Å². The van der Waals surface area contributed by atoms with Crippen molar-refractivity contribution in [2.24, 2.45) is 5.10 Å². The Labute approximate surface area is 158 Å². The Morgan fingerprint density at radius 1 is 1.00 bits per heavy atom. The Bertz CT molecular complexity index is 1070. The van der Waals surface area contributed by atoms with Crippen LogP contribution < -0.4 is 11.0 Å². The molecule has 0 spiro atoms. The SMILES string of the molecule is Cc1cccc(-n2c(NN=C3CCCCC3)nc3ccccc3c2=O)c1C. The molecule has 1 N–H and O–H groups in total. The van der Waals surface area contributed by atoms with E-state index in [4.69, 9.17) is 4.98 Å². The molecule has 3 aromatic rings. The van der Waals surface area contributed by atoms with Crippen molar-refractivity contribution in [3.8, 4) is 5.69 Å². The second-order valence-electron chi connectivity index (χ2n) is 7.16. The molecule has 1 saturated carbocycles. The minimum absolute atomic E-state index is 0.0827. The average Bonchev–Trinajstić information content (AvgIpc) is 2.70. The first-order valence-corrected chi connectivity index (χ1v) is 9.55. The number of hydrogen-bond acceptors (Lipinski definition) is 4. The Hall–Kier alpha value is -2.95. The fourth-order valence-electron chi connectivity index (χ4n) is 3.61. The van der Waals surface area contributed by atoms with Gasteiger partial charge in [0.15, 0.2) is 0 Å². The van der Waals surface area contributed by atoms with E-state index in [0.717, 1.165) is 35.4 Å². The Balaban J connectivity index is 1.90. The van der Waals surface area contributed by atoms with E-state index in [2.05, 4.69) is 10.5 Å². The molecule has 1 aliphatic rings. The number of nitrogens with zero attached hydrogens (tertiary/aromatic N) is 3. The molecule has 0 atom stereocenters. The van der Waals surface area contributed by atoms with E-state index < -0.39 is 0 Å². The summed E-state index contributed by atoms with van der Waals surface area (Å²) in [6.07, 6.45) is 5.63. The van der Waals surface area contributed by atoms with Gasteiger partial charge in [0.2, 0.25) is 5.95 Å². The van der Waals surface area contributed by atoms with Crippen LogP contribution in [-0.4, -0.2) is 15.3 Å². The minimum atomic E-state index is -0.0827. The lowest BCUT2D eigenvalue weighted by Crippen LogP contribution is -2.24. The Morgan fingerprint density at radius 2 is 1.78 bits per heavy atom. The van der Waals surface area contributed by atoms with Crippen molar-refractivity contribution in [3.63, 3.8) is 0 Å². The normalized spacial score (nSPS) is 14.4. The number of benzene rings is 2. The van der Waals surface area contributed by atoms with Crippen LogP contribution in [-0.2, 0) is 0 Å². The molecule has 0 radical (unpaired) electrons. The molecule has 1 aliphatic carbocycles. The smallest absolute Gasteiger partial charge is 0.267 e. The first kappa shape index (κ1) is 17.5. The Morgan fingerprint density at radius 3 is 2.59 bits per heavy atom. The summed E-state index contributed by atoms with van der Waals surface area (Å²) in [4.78, 5) is 18.0. The summed E-state index contributed by atoms with van der Waals surface area (Å²) in [6, 6.07) is 13.4. The minimum Gasteiger partial charge on any atom is -0.268 e.